The Hall–Kier alpha value is -2.69. The topological polar surface area (TPSA) is 61.3 Å². The van der Waals surface area contributed by atoms with E-state index in [1.54, 1.807) is 12.4 Å². The summed E-state index contributed by atoms with van der Waals surface area (Å²) in [5.41, 5.74) is 0.883. The van der Waals surface area contributed by atoms with Crippen molar-refractivity contribution in [2.45, 2.75) is 110 Å². The van der Waals surface area contributed by atoms with Crippen LogP contribution in [0.15, 0.2) is 49.3 Å². The molecule has 208 valence electrons. The van der Waals surface area contributed by atoms with Crippen molar-refractivity contribution in [2.24, 2.45) is 11.8 Å². The zero-order valence-corrected chi connectivity index (χ0v) is 23.5. The molecule has 1 heterocycles. The molecule has 0 aliphatic heterocycles. The lowest BCUT2D eigenvalue weighted by molar-refractivity contribution is -0.134. The minimum atomic E-state index is -0.144. The van der Waals surface area contributed by atoms with Crippen LogP contribution in [-0.4, -0.2) is 22.5 Å². The second-order valence-electron chi connectivity index (χ2n) is 10.9. The van der Waals surface area contributed by atoms with E-state index in [2.05, 4.69) is 23.5 Å². The van der Waals surface area contributed by atoms with Gasteiger partial charge >= 0.3 is 5.97 Å². The minimum Gasteiger partial charge on any atom is -0.490 e. The first-order valence-electron chi connectivity index (χ1n) is 15.0. The Balaban J connectivity index is 1.30. The van der Waals surface area contributed by atoms with Crippen LogP contribution < -0.4 is 9.47 Å². The van der Waals surface area contributed by atoms with Crippen LogP contribution in [0, 0.1) is 11.8 Å². The number of unbranched alkanes of at least 4 members (excludes halogenated alkanes) is 7. The molecular formula is C33H48N2O3. The van der Waals surface area contributed by atoms with E-state index in [-0.39, 0.29) is 5.97 Å². The fraction of sp³-hybridized carbons (Fsp3) is 0.606. The number of ether oxygens (including phenoxy) is 2. The number of aromatic nitrogens is 2. The van der Waals surface area contributed by atoms with Gasteiger partial charge in [-0.2, -0.15) is 0 Å². The molecule has 1 aliphatic carbocycles. The van der Waals surface area contributed by atoms with Crippen molar-refractivity contribution >= 4 is 5.97 Å². The van der Waals surface area contributed by atoms with E-state index in [0.29, 0.717) is 36.3 Å². The molecule has 1 saturated carbocycles. The molecule has 38 heavy (non-hydrogen) atoms. The number of nitrogens with zero attached hydrogens (tertiary/aromatic N) is 2. The van der Waals surface area contributed by atoms with E-state index >= 15 is 0 Å². The number of hydrogen-bond donors (Lipinski definition) is 0. The van der Waals surface area contributed by atoms with E-state index in [4.69, 9.17) is 9.47 Å². The monoisotopic (exact) mass is 520 g/mol. The first-order chi connectivity index (χ1) is 18.7. The number of esters is 1. The zero-order chi connectivity index (χ0) is 26.8. The number of carbonyl (C=O) groups is 1. The van der Waals surface area contributed by atoms with Crippen LogP contribution in [0.4, 0.5) is 0 Å². The van der Waals surface area contributed by atoms with Gasteiger partial charge in [-0.3, -0.25) is 4.79 Å². The molecule has 1 fully saturated rings. The molecule has 0 amide bonds. The maximum Gasteiger partial charge on any atom is 0.311 e. The number of allylic oxidation sites excluding steroid dienone is 1. The average Bonchev–Trinajstić information content (AvgIpc) is 2.95. The Morgan fingerprint density at radius 1 is 0.868 bits per heavy atom. The first kappa shape index (κ1) is 29.9. The Morgan fingerprint density at radius 2 is 1.47 bits per heavy atom. The van der Waals surface area contributed by atoms with E-state index < -0.39 is 0 Å². The molecule has 5 heteroatoms. The van der Waals surface area contributed by atoms with E-state index in [9.17, 15) is 4.79 Å². The predicted octanol–water partition coefficient (Wildman–Crippen LogP) is 9.12. The number of benzene rings is 1. The summed E-state index contributed by atoms with van der Waals surface area (Å²) in [4.78, 5) is 21.3. The largest absolute Gasteiger partial charge is 0.490 e. The molecule has 1 aliphatic rings. The van der Waals surface area contributed by atoms with Gasteiger partial charge in [-0.15, -0.1) is 6.58 Å². The Morgan fingerprint density at radius 3 is 2.11 bits per heavy atom. The highest BCUT2D eigenvalue weighted by atomic mass is 16.5. The molecule has 0 spiro atoms. The lowest BCUT2D eigenvalue weighted by Gasteiger charge is -2.28. The van der Waals surface area contributed by atoms with Crippen LogP contribution >= 0.6 is 0 Å². The summed E-state index contributed by atoms with van der Waals surface area (Å²) < 4.78 is 11.4. The Labute approximate surface area is 230 Å². The highest BCUT2D eigenvalue weighted by molar-refractivity contribution is 5.72. The van der Waals surface area contributed by atoms with Crippen LogP contribution in [0.5, 0.6) is 11.5 Å². The smallest absolute Gasteiger partial charge is 0.311 e. The lowest BCUT2D eigenvalue weighted by atomic mass is 9.78. The SMILES string of the molecule is C=CCCCCCCCCCOc1cnc(-c2ccc(OC(=O)CC[C@H]3CC[C@H](CCC)CC3)cc2)nc1. The average molecular weight is 521 g/mol. The van der Waals surface area contributed by atoms with Crippen LogP contribution in [0.3, 0.4) is 0 Å². The normalized spacial score (nSPS) is 17.2. The molecule has 0 unspecified atom stereocenters. The van der Waals surface area contributed by atoms with Crippen LogP contribution in [0.1, 0.15) is 110 Å². The van der Waals surface area contributed by atoms with Crippen molar-refractivity contribution in [3.8, 4) is 22.9 Å². The lowest BCUT2D eigenvalue weighted by Crippen LogP contribution is -2.16. The zero-order valence-electron chi connectivity index (χ0n) is 23.5. The highest BCUT2D eigenvalue weighted by Gasteiger charge is 2.21. The van der Waals surface area contributed by atoms with Gasteiger partial charge in [0.15, 0.2) is 11.6 Å². The van der Waals surface area contributed by atoms with Crippen molar-refractivity contribution in [1.29, 1.82) is 0 Å². The molecule has 1 aromatic carbocycles. The fourth-order valence-corrected chi connectivity index (χ4v) is 5.40. The summed E-state index contributed by atoms with van der Waals surface area (Å²) in [7, 11) is 0. The summed E-state index contributed by atoms with van der Waals surface area (Å²) in [5, 5.41) is 0. The number of rotatable bonds is 18. The second-order valence-corrected chi connectivity index (χ2v) is 10.9. The molecule has 5 nitrogen and oxygen atoms in total. The van der Waals surface area contributed by atoms with Crippen LogP contribution in [-0.2, 0) is 4.79 Å². The van der Waals surface area contributed by atoms with Gasteiger partial charge in [0.05, 0.1) is 19.0 Å². The van der Waals surface area contributed by atoms with Crippen LogP contribution in [0.25, 0.3) is 11.4 Å². The molecule has 0 N–H and O–H groups in total. The third-order valence-electron chi connectivity index (χ3n) is 7.71. The van der Waals surface area contributed by atoms with E-state index in [1.165, 1.54) is 77.0 Å². The van der Waals surface area contributed by atoms with Crippen molar-refractivity contribution in [1.82, 2.24) is 9.97 Å². The molecule has 0 saturated heterocycles. The molecule has 0 radical (unpaired) electrons. The van der Waals surface area contributed by atoms with Gasteiger partial charge in [-0.25, -0.2) is 9.97 Å². The minimum absolute atomic E-state index is 0.144. The number of carbonyl (C=O) groups excluding carboxylic acids is 1. The van der Waals surface area contributed by atoms with Gasteiger partial charge in [0.25, 0.3) is 0 Å². The number of hydrogen-bond acceptors (Lipinski definition) is 5. The fourth-order valence-electron chi connectivity index (χ4n) is 5.40. The summed E-state index contributed by atoms with van der Waals surface area (Å²) in [5.74, 6) is 3.33. The van der Waals surface area contributed by atoms with Gasteiger partial charge in [-0.1, -0.05) is 83.6 Å². The van der Waals surface area contributed by atoms with E-state index in [1.807, 2.05) is 30.3 Å². The maximum absolute atomic E-state index is 12.4. The van der Waals surface area contributed by atoms with Gasteiger partial charge < -0.3 is 9.47 Å². The standard InChI is InChI=1S/C33H48N2O3/c1-3-5-6-7-8-9-10-11-12-24-37-31-25-34-33(35-26-31)29-19-21-30(22-20-29)38-32(36)23-18-28-16-14-27(13-4-2)15-17-28/h3,19-22,25-28H,1,4-18,23-24H2,2H3/t27-,28-. The summed E-state index contributed by atoms with van der Waals surface area (Å²) in [6, 6.07) is 7.42. The van der Waals surface area contributed by atoms with Crippen molar-refractivity contribution in [3.63, 3.8) is 0 Å². The van der Waals surface area contributed by atoms with Crippen molar-refractivity contribution in [2.75, 3.05) is 6.61 Å². The van der Waals surface area contributed by atoms with Crippen molar-refractivity contribution in [3.05, 3.63) is 49.3 Å². The Kier molecular flexibility index (Phi) is 13.9. The van der Waals surface area contributed by atoms with Gasteiger partial charge in [0.2, 0.25) is 0 Å². The molecule has 1 aromatic heterocycles. The van der Waals surface area contributed by atoms with Gasteiger partial charge in [-0.05, 0) is 61.8 Å². The molecule has 3 rings (SSSR count). The van der Waals surface area contributed by atoms with Gasteiger partial charge in [0.1, 0.15) is 5.75 Å². The molecular weight excluding hydrogens is 472 g/mol. The predicted molar refractivity (Wildman–Crippen MR) is 155 cm³/mol. The maximum atomic E-state index is 12.4. The van der Waals surface area contributed by atoms with Gasteiger partial charge in [0, 0.05) is 12.0 Å². The Bertz CT molecular complexity index is 918. The molecule has 0 bridgehead atoms. The third-order valence-corrected chi connectivity index (χ3v) is 7.71. The molecule has 2 aromatic rings. The summed E-state index contributed by atoms with van der Waals surface area (Å²) in [6.45, 7) is 6.73. The van der Waals surface area contributed by atoms with E-state index in [0.717, 1.165) is 30.7 Å². The van der Waals surface area contributed by atoms with Crippen molar-refractivity contribution < 1.29 is 14.3 Å². The molecule has 0 atom stereocenters. The van der Waals surface area contributed by atoms with Crippen LogP contribution in [0.2, 0.25) is 0 Å². The summed E-state index contributed by atoms with van der Waals surface area (Å²) >= 11 is 0. The second kappa shape index (κ2) is 17.8. The first-order valence-corrected chi connectivity index (χ1v) is 15.0. The summed E-state index contributed by atoms with van der Waals surface area (Å²) in [6.07, 6.45) is 24.5. The quantitative estimate of drug-likeness (QED) is 0.0848. The highest BCUT2D eigenvalue weighted by Crippen LogP contribution is 2.34. The third kappa shape index (κ3) is 11.4.